The smallest absolute Gasteiger partial charge is 0.237 e. The fourth-order valence-corrected chi connectivity index (χ4v) is 4.25. The number of fused-ring (bicyclic) bond motifs is 3. The van der Waals surface area contributed by atoms with E-state index in [1.807, 2.05) is 16.4 Å². The Kier molecular flexibility index (Phi) is 3.70. The molecular formula is C14H19NO4S. The lowest BCUT2D eigenvalue weighted by molar-refractivity contribution is 0.123. The van der Waals surface area contributed by atoms with E-state index in [0.29, 0.717) is 12.5 Å². The zero-order chi connectivity index (χ0) is 14.3. The number of rotatable bonds is 2. The highest BCUT2D eigenvalue weighted by atomic mass is 32.2. The zero-order valence-electron chi connectivity index (χ0n) is 11.9. The molecule has 0 aliphatic carbocycles. The molecule has 0 saturated carbocycles. The second kappa shape index (κ2) is 5.35. The van der Waals surface area contributed by atoms with Gasteiger partial charge in [0, 0.05) is 12.5 Å². The van der Waals surface area contributed by atoms with Crippen molar-refractivity contribution in [3.8, 4) is 11.5 Å². The van der Waals surface area contributed by atoms with Crippen LogP contribution in [0.4, 0.5) is 0 Å². The highest BCUT2D eigenvalue weighted by molar-refractivity contribution is 7.77. The van der Waals surface area contributed by atoms with Gasteiger partial charge in [-0.2, -0.15) is 4.31 Å². The average Bonchev–Trinajstić information content (AvgIpc) is 2.48. The first kappa shape index (κ1) is 13.9. The number of hydrogen-bond donors (Lipinski definition) is 0. The molecule has 0 N–H and O–H groups in total. The molecule has 20 heavy (non-hydrogen) atoms. The van der Waals surface area contributed by atoms with Crippen molar-refractivity contribution < 1.29 is 17.9 Å². The second-order valence-corrected chi connectivity index (χ2v) is 6.36. The minimum absolute atomic E-state index is 0.119. The van der Waals surface area contributed by atoms with Crippen molar-refractivity contribution in [3.05, 3.63) is 23.3 Å². The molecule has 3 atom stereocenters. The largest absolute Gasteiger partial charge is 0.493 e. The molecule has 1 aromatic carbocycles. The predicted molar refractivity (Wildman–Crippen MR) is 76.0 cm³/mol. The standard InChI is InChI=1S/C14H19NO4S/c1-9-8-19-20(16)15-5-4-10-6-12(17-2)13(18-3)7-11(10)14(9)15/h6-7,9,14H,4-5,8H2,1-3H3/t9-,14+,20?/m0/s1. The molecule has 1 saturated heterocycles. The van der Waals surface area contributed by atoms with Gasteiger partial charge in [0.05, 0.1) is 26.9 Å². The molecule has 1 aromatic rings. The van der Waals surface area contributed by atoms with Gasteiger partial charge in [0.25, 0.3) is 0 Å². The van der Waals surface area contributed by atoms with Gasteiger partial charge < -0.3 is 9.47 Å². The van der Waals surface area contributed by atoms with E-state index in [4.69, 9.17) is 13.7 Å². The maximum Gasteiger partial charge on any atom is 0.237 e. The van der Waals surface area contributed by atoms with Crippen LogP contribution >= 0.6 is 0 Å². The molecule has 5 nitrogen and oxygen atoms in total. The number of methoxy groups -OCH3 is 2. The highest BCUT2D eigenvalue weighted by Gasteiger charge is 2.39. The van der Waals surface area contributed by atoms with Crippen LogP contribution in [0.25, 0.3) is 0 Å². The second-order valence-electron chi connectivity index (χ2n) is 5.22. The van der Waals surface area contributed by atoms with Gasteiger partial charge in [-0.25, -0.2) is 4.21 Å². The Morgan fingerprint density at radius 2 is 2.00 bits per heavy atom. The number of hydrogen-bond acceptors (Lipinski definition) is 4. The fourth-order valence-electron chi connectivity index (χ4n) is 3.04. The molecule has 110 valence electrons. The van der Waals surface area contributed by atoms with Crippen molar-refractivity contribution in [1.82, 2.24) is 4.31 Å². The van der Waals surface area contributed by atoms with Crippen molar-refractivity contribution in [2.24, 2.45) is 5.92 Å². The van der Waals surface area contributed by atoms with E-state index in [1.165, 1.54) is 11.1 Å². The van der Waals surface area contributed by atoms with E-state index in [-0.39, 0.29) is 6.04 Å². The van der Waals surface area contributed by atoms with Crippen molar-refractivity contribution >= 4 is 11.3 Å². The third kappa shape index (κ3) is 2.12. The van der Waals surface area contributed by atoms with Crippen LogP contribution in [0.15, 0.2) is 12.1 Å². The number of nitrogens with zero attached hydrogens (tertiary/aromatic N) is 1. The van der Waals surface area contributed by atoms with E-state index in [2.05, 4.69) is 6.92 Å². The normalized spacial score (nSPS) is 29.4. The van der Waals surface area contributed by atoms with Gasteiger partial charge in [-0.05, 0) is 29.7 Å². The van der Waals surface area contributed by atoms with Gasteiger partial charge >= 0.3 is 0 Å². The molecule has 0 spiro atoms. The van der Waals surface area contributed by atoms with Crippen LogP contribution in [0, 0.1) is 5.92 Å². The number of benzene rings is 1. The van der Waals surface area contributed by atoms with E-state index in [9.17, 15) is 4.21 Å². The van der Waals surface area contributed by atoms with Gasteiger partial charge in [0.15, 0.2) is 11.5 Å². The lowest BCUT2D eigenvalue weighted by atomic mass is 9.87. The molecule has 6 heteroatoms. The molecular weight excluding hydrogens is 278 g/mol. The third-order valence-electron chi connectivity index (χ3n) is 4.04. The summed E-state index contributed by atoms with van der Waals surface area (Å²) in [5, 5.41) is 0. The van der Waals surface area contributed by atoms with E-state index in [0.717, 1.165) is 24.5 Å². The Bertz CT molecular complexity index is 548. The maximum atomic E-state index is 12.0. The molecule has 0 radical (unpaired) electrons. The van der Waals surface area contributed by atoms with Crippen LogP contribution in [0.1, 0.15) is 24.1 Å². The summed E-state index contributed by atoms with van der Waals surface area (Å²) in [5.74, 6) is 1.77. The highest BCUT2D eigenvalue weighted by Crippen LogP contribution is 2.43. The minimum Gasteiger partial charge on any atom is -0.493 e. The summed E-state index contributed by atoms with van der Waals surface area (Å²) >= 11 is -1.34. The Morgan fingerprint density at radius 1 is 1.30 bits per heavy atom. The van der Waals surface area contributed by atoms with Crippen molar-refractivity contribution in [3.63, 3.8) is 0 Å². The molecule has 3 rings (SSSR count). The van der Waals surface area contributed by atoms with Crippen LogP contribution in [0.5, 0.6) is 11.5 Å². The van der Waals surface area contributed by atoms with E-state index in [1.54, 1.807) is 14.2 Å². The summed E-state index contributed by atoms with van der Waals surface area (Å²) in [6.07, 6.45) is 0.841. The van der Waals surface area contributed by atoms with E-state index < -0.39 is 11.3 Å². The van der Waals surface area contributed by atoms with Crippen molar-refractivity contribution in [2.45, 2.75) is 19.4 Å². The first-order chi connectivity index (χ1) is 9.65. The van der Waals surface area contributed by atoms with E-state index >= 15 is 0 Å². The quantitative estimate of drug-likeness (QED) is 0.836. The molecule has 2 aliphatic heterocycles. The third-order valence-corrected chi connectivity index (χ3v) is 5.17. The fraction of sp³-hybridized carbons (Fsp3) is 0.571. The Balaban J connectivity index is 2.08. The molecule has 0 bridgehead atoms. The molecule has 2 heterocycles. The molecule has 0 amide bonds. The van der Waals surface area contributed by atoms with Crippen LogP contribution in [-0.4, -0.2) is 35.9 Å². The summed E-state index contributed by atoms with van der Waals surface area (Å²) in [7, 11) is 3.28. The van der Waals surface area contributed by atoms with Crippen LogP contribution in [0.3, 0.4) is 0 Å². The van der Waals surface area contributed by atoms with Gasteiger partial charge in [-0.3, -0.25) is 4.18 Å². The summed E-state index contributed by atoms with van der Waals surface area (Å²) in [5.41, 5.74) is 2.42. The lowest BCUT2D eigenvalue weighted by Gasteiger charge is -2.42. The Labute approximate surface area is 121 Å². The Hall–Kier alpha value is -1.11. The predicted octanol–water partition coefficient (Wildman–Crippen LogP) is 1.85. The van der Waals surface area contributed by atoms with Gasteiger partial charge in [-0.15, -0.1) is 0 Å². The summed E-state index contributed by atoms with van der Waals surface area (Å²) < 4.78 is 30.0. The van der Waals surface area contributed by atoms with Crippen molar-refractivity contribution in [1.29, 1.82) is 0 Å². The summed E-state index contributed by atoms with van der Waals surface area (Å²) in [4.78, 5) is 0. The minimum atomic E-state index is -1.34. The molecule has 1 fully saturated rings. The number of ether oxygens (including phenoxy) is 2. The van der Waals surface area contributed by atoms with Crippen LogP contribution in [0.2, 0.25) is 0 Å². The molecule has 0 aromatic heterocycles. The van der Waals surface area contributed by atoms with Crippen molar-refractivity contribution in [2.75, 3.05) is 27.4 Å². The topological polar surface area (TPSA) is 48.0 Å². The molecule has 2 aliphatic rings. The Morgan fingerprint density at radius 3 is 2.70 bits per heavy atom. The lowest BCUT2D eigenvalue weighted by Crippen LogP contribution is -2.45. The average molecular weight is 297 g/mol. The van der Waals surface area contributed by atoms with Gasteiger partial charge in [-0.1, -0.05) is 6.92 Å². The molecule has 1 unspecified atom stereocenters. The first-order valence-electron chi connectivity index (χ1n) is 6.72. The van der Waals surface area contributed by atoms with Gasteiger partial charge in [0.2, 0.25) is 11.3 Å². The monoisotopic (exact) mass is 297 g/mol. The summed E-state index contributed by atoms with van der Waals surface area (Å²) in [6.45, 7) is 3.38. The SMILES string of the molecule is COc1cc2c(cc1OC)[C@H]1[C@@H](C)COS(=O)N1CC2. The van der Waals surface area contributed by atoms with Crippen LogP contribution in [-0.2, 0) is 21.9 Å². The first-order valence-corrected chi connectivity index (χ1v) is 7.75. The maximum absolute atomic E-state index is 12.0. The van der Waals surface area contributed by atoms with Gasteiger partial charge in [0.1, 0.15) is 0 Å². The van der Waals surface area contributed by atoms with Crippen LogP contribution < -0.4 is 9.47 Å². The zero-order valence-corrected chi connectivity index (χ0v) is 12.7. The summed E-state index contributed by atoms with van der Waals surface area (Å²) in [6, 6.07) is 4.17.